The molecule has 0 fully saturated rings. The van der Waals surface area contributed by atoms with Crippen molar-refractivity contribution in [2.45, 2.75) is 46.2 Å². The van der Waals surface area contributed by atoms with E-state index >= 15 is 0 Å². The van der Waals surface area contributed by atoms with Crippen LogP contribution in [0.2, 0.25) is 0 Å². The summed E-state index contributed by atoms with van der Waals surface area (Å²) < 4.78 is 0. The molecule has 0 rings (SSSR count). The molecule has 0 aromatic heterocycles. The predicted molar refractivity (Wildman–Crippen MR) is 65.9 cm³/mol. The minimum atomic E-state index is -0.131. The van der Waals surface area contributed by atoms with Gasteiger partial charge >= 0.3 is 0 Å². The molecule has 0 aliphatic rings. The molecule has 0 amide bonds. The first-order valence-corrected chi connectivity index (χ1v) is 6.51. The summed E-state index contributed by atoms with van der Waals surface area (Å²) >= 11 is 1.91. The van der Waals surface area contributed by atoms with Crippen molar-refractivity contribution >= 4 is 11.8 Å². The largest absolute Gasteiger partial charge is 0.394 e. The van der Waals surface area contributed by atoms with Gasteiger partial charge in [0.1, 0.15) is 0 Å². The third-order valence-electron chi connectivity index (χ3n) is 1.86. The lowest BCUT2D eigenvalue weighted by Gasteiger charge is -2.31. The molecule has 1 unspecified atom stereocenters. The van der Waals surface area contributed by atoms with Crippen molar-refractivity contribution in [1.82, 2.24) is 5.32 Å². The van der Waals surface area contributed by atoms with Crippen LogP contribution >= 0.6 is 11.8 Å². The number of hydrogen-bond donors (Lipinski definition) is 2. The van der Waals surface area contributed by atoms with E-state index in [2.05, 4.69) is 39.9 Å². The van der Waals surface area contributed by atoms with E-state index in [1.165, 1.54) is 0 Å². The summed E-state index contributed by atoms with van der Waals surface area (Å²) in [6.07, 6.45) is 0. The molecule has 0 aliphatic carbocycles. The summed E-state index contributed by atoms with van der Waals surface area (Å²) in [5.74, 6) is 2.86. The van der Waals surface area contributed by atoms with Gasteiger partial charge in [0, 0.05) is 17.3 Å². The van der Waals surface area contributed by atoms with E-state index in [9.17, 15) is 5.11 Å². The van der Waals surface area contributed by atoms with E-state index in [4.69, 9.17) is 0 Å². The SMILES string of the molecule is CC(C)CSCC(C)(CO)NC(C)C. The molecule has 2 N–H and O–H groups in total. The Bertz CT molecular complexity index is 150. The fourth-order valence-corrected chi connectivity index (χ4v) is 2.56. The first-order valence-electron chi connectivity index (χ1n) is 5.36. The van der Waals surface area contributed by atoms with Crippen molar-refractivity contribution < 1.29 is 5.11 Å². The molecule has 86 valence electrons. The molecule has 0 saturated heterocycles. The fraction of sp³-hybridized carbons (Fsp3) is 1.00. The highest BCUT2D eigenvalue weighted by Crippen LogP contribution is 2.16. The molecular weight excluding hydrogens is 194 g/mol. The summed E-state index contributed by atoms with van der Waals surface area (Å²) in [6, 6.07) is 0.423. The van der Waals surface area contributed by atoms with Crippen molar-refractivity contribution in [2.24, 2.45) is 5.92 Å². The van der Waals surface area contributed by atoms with Gasteiger partial charge in [0.2, 0.25) is 0 Å². The number of aliphatic hydroxyl groups excluding tert-OH is 1. The lowest BCUT2D eigenvalue weighted by atomic mass is 10.1. The molecule has 1 atom stereocenters. The lowest BCUT2D eigenvalue weighted by molar-refractivity contribution is 0.183. The van der Waals surface area contributed by atoms with Gasteiger partial charge in [-0.1, -0.05) is 27.7 Å². The molecule has 0 saturated carbocycles. The van der Waals surface area contributed by atoms with E-state index in [-0.39, 0.29) is 12.1 Å². The van der Waals surface area contributed by atoms with E-state index < -0.39 is 0 Å². The highest BCUT2D eigenvalue weighted by molar-refractivity contribution is 7.99. The van der Waals surface area contributed by atoms with Crippen molar-refractivity contribution in [3.63, 3.8) is 0 Å². The van der Waals surface area contributed by atoms with Crippen molar-refractivity contribution in [2.75, 3.05) is 18.1 Å². The fourth-order valence-electron chi connectivity index (χ4n) is 1.35. The molecule has 3 heteroatoms. The normalized spacial score (nSPS) is 16.3. The molecule has 0 bridgehead atoms. The maximum atomic E-state index is 9.32. The second kappa shape index (κ2) is 6.70. The minimum absolute atomic E-state index is 0.131. The van der Waals surface area contributed by atoms with Crippen LogP contribution in [-0.2, 0) is 0 Å². The van der Waals surface area contributed by atoms with Gasteiger partial charge in [-0.25, -0.2) is 0 Å². The smallest absolute Gasteiger partial charge is 0.0618 e. The Kier molecular flexibility index (Phi) is 6.83. The van der Waals surface area contributed by atoms with Crippen molar-refractivity contribution in [3.8, 4) is 0 Å². The van der Waals surface area contributed by atoms with Crippen LogP contribution in [0.3, 0.4) is 0 Å². The van der Waals surface area contributed by atoms with Crippen molar-refractivity contribution in [1.29, 1.82) is 0 Å². The number of rotatable bonds is 7. The number of aliphatic hydroxyl groups is 1. The van der Waals surface area contributed by atoms with Gasteiger partial charge in [-0.15, -0.1) is 0 Å². The van der Waals surface area contributed by atoms with E-state index in [1.54, 1.807) is 0 Å². The molecular formula is C11H25NOS. The lowest BCUT2D eigenvalue weighted by Crippen LogP contribution is -2.51. The summed E-state index contributed by atoms with van der Waals surface area (Å²) in [4.78, 5) is 0. The number of hydrogen-bond acceptors (Lipinski definition) is 3. The molecule has 0 radical (unpaired) electrons. The van der Waals surface area contributed by atoms with Crippen LogP contribution in [-0.4, -0.2) is 34.8 Å². The third kappa shape index (κ3) is 6.68. The van der Waals surface area contributed by atoms with Crippen LogP contribution in [0.15, 0.2) is 0 Å². The standard InChI is InChI=1S/C11H25NOS/c1-9(2)6-14-8-11(5,7-13)12-10(3)4/h9-10,12-13H,6-8H2,1-5H3. The molecule has 2 nitrogen and oxygen atoms in total. The second-order valence-corrected chi connectivity index (χ2v) is 5.96. The Morgan fingerprint density at radius 1 is 1.29 bits per heavy atom. The van der Waals surface area contributed by atoms with Crippen LogP contribution in [0.1, 0.15) is 34.6 Å². The zero-order chi connectivity index (χ0) is 11.2. The van der Waals surface area contributed by atoms with Gasteiger partial charge in [-0.3, -0.25) is 0 Å². The van der Waals surface area contributed by atoms with Crippen LogP contribution in [0.25, 0.3) is 0 Å². The number of thioether (sulfide) groups is 1. The zero-order valence-corrected chi connectivity index (χ0v) is 10.9. The Labute approximate surface area is 92.9 Å². The van der Waals surface area contributed by atoms with E-state index in [0.717, 1.165) is 17.4 Å². The summed E-state index contributed by atoms with van der Waals surface area (Å²) in [6.45, 7) is 11.0. The molecule has 14 heavy (non-hydrogen) atoms. The molecule has 0 spiro atoms. The average Bonchev–Trinajstić information content (AvgIpc) is 2.02. The molecule has 0 aromatic rings. The van der Waals surface area contributed by atoms with Gasteiger partial charge in [0.15, 0.2) is 0 Å². The maximum absolute atomic E-state index is 9.32. The average molecular weight is 219 g/mol. The highest BCUT2D eigenvalue weighted by Gasteiger charge is 2.23. The zero-order valence-electron chi connectivity index (χ0n) is 10.1. The molecule has 0 aliphatic heterocycles. The Balaban J connectivity index is 3.86. The van der Waals surface area contributed by atoms with Crippen molar-refractivity contribution in [3.05, 3.63) is 0 Å². The summed E-state index contributed by atoms with van der Waals surface area (Å²) in [7, 11) is 0. The van der Waals surface area contributed by atoms with Gasteiger partial charge in [-0.05, 0) is 18.6 Å². The van der Waals surface area contributed by atoms with Crippen LogP contribution in [0.4, 0.5) is 0 Å². The maximum Gasteiger partial charge on any atom is 0.0618 e. The second-order valence-electron chi connectivity index (χ2n) is 4.93. The van der Waals surface area contributed by atoms with Crippen LogP contribution < -0.4 is 5.32 Å². The van der Waals surface area contributed by atoms with Gasteiger partial charge in [0.05, 0.1) is 6.61 Å². The molecule has 0 heterocycles. The van der Waals surface area contributed by atoms with E-state index in [1.807, 2.05) is 11.8 Å². The van der Waals surface area contributed by atoms with Crippen LogP contribution in [0.5, 0.6) is 0 Å². The van der Waals surface area contributed by atoms with Gasteiger partial charge in [0.25, 0.3) is 0 Å². The number of nitrogens with one attached hydrogen (secondary N) is 1. The Hall–Kier alpha value is 0.270. The molecule has 0 aromatic carbocycles. The van der Waals surface area contributed by atoms with Gasteiger partial charge < -0.3 is 10.4 Å². The monoisotopic (exact) mass is 219 g/mol. The van der Waals surface area contributed by atoms with Gasteiger partial charge in [-0.2, -0.15) is 11.8 Å². The van der Waals surface area contributed by atoms with Crippen LogP contribution in [0, 0.1) is 5.92 Å². The first-order chi connectivity index (χ1) is 6.39. The first kappa shape index (κ1) is 14.3. The summed E-state index contributed by atoms with van der Waals surface area (Å²) in [5, 5.41) is 12.7. The Morgan fingerprint density at radius 3 is 2.21 bits per heavy atom. The quantitative estimate of drug-likeness (QED) is 0.688. The topological polar surface area (TPSA) is 32.3 Å². The Morgan fingerprint density at radius 2 is 1.86 bits per heavy atom. The minimum Gasteiger partial charge on any atom is -0.394 e. The predicted octanol–water partition coefficient (Wildman–Crippen LogP) is 2.12. The highest BCUT2D eigenvalue weighted by atomic mass is 32.2. The summed E-state index contributed by atoms with van der Waals surface area (Å²) in [5.41, 5.74) is -0.131. The third-order valence-corrected chi connectivity index (χ3v) is 3.60. The van der Waals surface area contributed by atoms with E-state index in [0.29, 0.717) is 6.04 Å².